The zero-order chi connectivity index (χ0) is 19.9. The number of nitrogens with one attached hydrogen (secondary N) is 2. The molecule has 28 heavy (non-hydrogen) atoms. The van der Waals surface area contributed by atoms with Crippen LogP contribution in [0.15, 0.2) is 60.9 Å². The van der Waals surface area contributed by atoms with Gasteiger partial charge in [-0.15, -0.1) is 0 Å². The molecule has 1 heterocycles. The van der Waals surface area contributed by atoms with Gasteiger partial charge in [-0.25, -0.2) is 9.97 Å². The summed E-state index contributed by atoms with van der Waals surface area (Å²) in [6.07, 6.45) is 2.99. The quantitative estimate of drug-likeness (QED) is 0.601. The summed E-state index contributed by atoms with van der Waals surface area (Å²) in [5.74, 6) is 1.02. The molecular weight excluding hydrogens is 376 g/mol. The van der Waals surface area contributed by atoms with Crippen molar-refractivity contribution in [2.24, 2.45) is 0 Å². The first kappa shape index (κ1) is 19.6. The molecule has 144 valence electrons. The summed E-state index contributed by atoms with van der Waals surface area (Å²) < 4.78 is 5.74. The third-order valence-corrected chi connectivity index (χ3v) is 4.00. The first-order valence-electron chi connectivity index (χ1n) is 8.87. The molecule has 0 saturated heterocycles. The number of rotatable bonds is 7. The van der Waals surface area contributed by atoms with E-state index in [9.17, 15) is 4.79 Å². The number of hydrogen-bond donors (Lipinski definition) is 2. The molecule has 7 heteroatoms. The Hall–Kier alpha value is -3.12. The Morgan fingerprint density at radius 2 is 1.75 bits per heavy atom. The number of amides is 1. The normalized spacial score (nSPS) is 10.6. The summed E-state index contributed by atoms with van der Waals surface area (Å²) in [5.41, 5.74) is 1.92. The molecule has 2 aromatic carbocycles. The van der Waals surface area contributed by atoms with E-state index in [4.69, 9.17) is 16.3 Å². The van der Waals surface area contributed by atoms with E-state index in [1.807, 2.05) is 38.1 Å². The van der Waals surface area contributed by atoms with Gasteiger partial charge < -0.3 is 15.4 Å². The highest BCUT2D eigenvalue weighted by molar-refractivity contribution is 6.30. The molecule has 0 unspecified atom stereocenters. The first-order valence-corrected chi connectivity index (χ1v) is 9.24. The number of carbonyl (C=O) groups is 1. The summed E-state index contributed by atoms with van der Waals surface area (Å²) in [6.45, 7) is 4.45. The lowest BCUT2D eigenvalue weighted by atomic mass is 10.2. The van der Waals surface area contributed by atoms with E-state index in [0.29, 0.717) is 28.9 Å². The minimum Gasteiger partial charge on any atom is -0.489 e. The lowest BCUT2D eigenvalue weighted by Crippen LogP contribution is -2.16. The van der Waals surface area contributed by atoms with Crippen LogP contribution in [-0.4, -0.2) is 21.9 Å². The number of aromatic nitrogens is 2. The van der Waals surface area contributed by atoms with Crippen molar-refractivity contribution in [3.05, 3.63) is 77.2 Å². The molecule has 0 bridgehead atoms. The Balaban J connectivity index is 1.54. The molecule has 0 saturated carbocycles. The lowest BCUT2D eigenvalue weighted by molar-refractivity contribution is 0.102. The molecule has 0 spiro atoms. The van der Waals surface area contributed by atoms with Crippen LogP contribution in [0, 0.1) is 0 Å². The molecule has 2 N–H and O–H groups in total. The van der Waals surface area contributed by atoms with Crippen molar-refractivity contribution in [1.29, 1.82) is 0 Å². The van der Waals surface area contributed by atoms with Gasteiger partial charge >= 0.3 is 0 Å². The van der Waals surface area contributed by atoms with Crippen molar-refractivity contribution in [1.82, 2.24) is 9.97 Å². The summed E-state index contributed by atoms with van der Waals surface area (Å²) in [7, 11) is 0. The van der Waals surface area contributed by atoms with E-state index in [0.717, 1.165) is 5.56 Å². The van der Waals surface area contributed by atoms with Gasteiger partial charge in [-0.1, -0.05) is 23.7 Å². The Morgan fingerprint density at radius 1 is 1.04 bits per heavy atom. The van der Waals surface area contributed by atoms with E-state index >= 15 is 0 Å². The summed E-state index contributed by atoms with van der Waals surface area (Å²) >= 11 is 5.87. The highest BCUT2D eigenvalue weighted by Crippen LogP contribution is 2.18. The number of carbonyl (C=O) groups excluding carboxylic acids is 1. The van der Waals surface area contributed by atoms with Gasteiger partial charge in [0.25, 0.3) is 5.91 Å². The Kier molecular flexibility index (Phi) is 6.45. The van der Waals surface area contributed by atoms with Crippen LogP contribution < -0.4 is 15.4 Å². The average Bonchev–Trinajstić information content (AvgIpc) is 2.69. The lowest BCUT2D eigenvalue weighted by Gasteiger charge is -2.10. The second-order valence-corrected chi connectivity index (χ2v) is 6.92. The van der Waals surface area contributed by atoms with E-state index in [1.54, 1.807) is 30.5 Å². The molecule has 0 aliphatic rings. The average molecular weight is 397 g/mol. The van der Waals surface area contributed by atoms with Gasteiger partial charge in [-0.2, -0.15) is 0 Å². The zero-order valence-electron chi connectivity index (χ0n) is 15.6. The van der Waals surface area contributed by atoms with Crippen molar-refractivity contribution in [2.75, 3.05) is 10.6 Å². The van der Waals surface area contributed by atoms with Gasteiger partial charge in [0.1, 0.15) is 23.9 Å². The topological polar surface area (TPSA) is 76.1 Å². The number of benzene rings is 2. The van der Waals surface area contributed by atoms with Crippen LogP contribution in [0.5, 0.6) is 5.75 Å². The second kappa shape index (κ2) is 9.19. The first-order chi connectivity index (χ1) is 13.5. The monoisotopic (exact) mass is 396 g/mol. The van der Waals surface area contributed by atoms with Crippen molar-refractivity contribution in [3.8, 4) is 5.75 Å². The van der Waals surface area contributed by atoms with Gasteiger partial charge in [0.2, 0.25) is 0 Å². The maximum Gasteiger partial charge on any atom is 0.275 e. The molecule has 1 amide bonds. The molecule has 0 aliphatic heterocycles. The fourth-order valence-corrected chi connectivity index (χ4v) is 2.52. The number of ether oxygens (including phenoxy) is 1. The van der Waals surface area contributed by atoms with E-state index < -0.39 is 0 Å². The van der Waals surface area contributed by atoms with Crippen molar-refractivity contribution >= 4 is 29.0 Å². The number of anilines is 2. The summed E-state index contributed by atoms with van der Waals surface area (Å²) in [4.78, 5) is 20.6. The highest BCUT2D eigenvalue weighted by Gasteiger charge is 2.09. The molecule has 3 rings (SSSR count). The van der Waals surface area contributed by atoms with Crippen LogP contribution >= 0.6 is 11.6 Å². The number of hydrogen-bond acceptors (Lipinski definition) is 5. The Bertz CT molecular complexity index is 911. The van der Waals surface area contributed by atoms with Crippen LogP contribution in [0.2, 0.25) is 5.02 Å². The maximum atomic E-state index is 12.3. The smallest absolute Gasteiger partial charge is 0.275 e. The van der Waals surface area contributed by atoms with Crippen LogP contribution in [0.25, 0.3) is 0 Å². The standard InChI is InChI=1S/C21H21ClN4O2/c1-14(2)25-20-12-23-19(11-24-20)21(27)26-17-7-9-18(10-8-17)28-13-15-3-5-16(22)6-4-15/h3-12,14H,13H2,1-2H3,(H,24,25)(H,26,27). The minimum atomic E-state index is -0.321. The van der Waals surface area contributed by atoms with Gasteiger partial charge in [0.05, 0.1) is 12.4 Å². The van der Waals surface area contributed by atoms with Crippen LogP contribution in [0.3, 0.4) is 0 Å². The third-order valence-electron chi connectivity index (χ3n) is 3.75. The van der Waals surface area contributed by atoms with Crippen molar-refractivity contribution in [2.45, 2.75) is 26.5 Å². The van der Waals surface area contributed by atoms with Crippen molar-refractivity contribution in [3.63, 3.8) is 0 Å². The van der Waals surface area contributed by atoms with Crippen LogP contribution in [0.4, 0.5) is 11.5 Å². The predicted octanol–water partition coefficient (Wildman–Crippen LogP) is 4.78. The molecule has 3 aromatic rings. The minimum absolute atomic E-state index is 0.245. The van der Waals surface area contributed by atoms with E-state index in [1.165, 1.54) is 6.20 Å². The predicted molar refractivity (Wildman–Crippen MR) is 111 cm³/mol. The molecule has 6 nitrogen and oxygen atoms in total. The second-order valence-electron chi connectivity index (χ2n) is 6.48. The fraction of sp³-hybridized carbons (Fsp3) is 0.190. The van der Waals surface area contributed by atoms with E-state index in [-0.39, 0.29) is 17.6 Å². The summed E-state index contributed by atoms with van der Waals surface area (Å²) in [5, 5.41) is 6.61. The Labute approximate surface area is 168 Å². The largest absolute Gasteiger partial charge is 0.489 e. The molecule has 0 radical (unpaired) electrons. The maximum absolute atomic E-state index is 12.3. The van der Waals surface area contributed by atoms with Gasteiger partial charge in [-0.05, 0) is 55.8 Å². The fourth-order valence-electron chi connectivity index (χ4n) is 2.39. The van der Waals surface area contributed by atoms with Crippen molar-refractivity contribution < 1.29 is 9.53 Å². The van der Waals surface area contributed by atoms with Gasteiger partial charge in [0, 0.05) is 16.8 Å². The number of nitrogens with zero attached hydrogens (tertiary/aromatic N) is 2. The molecule has 1 aromatic heterocycles. The van der Waals surface area contributed by atoms with Gasteiger partial charge in [-0.3, -0.25) is 4.79 Å². The molecule has 0 aliphatic carbocycles. The summed E-state index contributed by atoms with van der Waals surface area (Å²) in [6, 6.07) is 14.9. The molecule has 0 atom stereocenters. The Morgan fingerprint density at radius 3 is 2.36 bits per heavy atom. The van der Waals surface area contributed by atoms with Crippen LogP contribution in [0.1, 0.15) is 29.9 Å². The van der Waals surface area contributed by atoms with Gasteiger partial charge in [0.15, 0.2) is 0 Å². The third kappa shape index (κ3) is 5.69. The SMILES string of the molecule is CC(C)Nc1cnc(C(=O)Nc2ccc(OCc3ccc(Cl)cc3)cc2)cn1. The zero-order valence-corrected chi connectivity index (χ0v) is 16.4. The van der Waals surface area contributed by atoms with Crippen LogP contribution in [-0.2, 0) is 6.61 Å². The molecular formula is C21H21ClN4O2. The molecule has 0 fully saturated rings. The highest BCUT2D eigenvalue weighted by atomic mass is 35.5. The van der Waals surface area contributed by atoms with E-state index in [2.05, 4.69) is 20.6 Å². The number of halogens is 1.